The smallest absolute Gasteiger partial charge is 0.238 e. The summed E-state index contributed by atoms with van der Waals surface area (Å²) in [6, 6.07) is 8.50. The zero-order chi connectivity index (χ0) is 19.0. The molecule has 4 N–H and O–H groups in total. The molecule has 0 spiro atoms. The van der Waals surface area contributed by atoms with E-state index in [0.717, 1.165) is 36.6 Å². The number of nitrogens with one attached hydrogen (secondary N) is 2. The minimum atomic E-state index is -3.64. The second kappa shape index (κ2) is 9.49. The molecule has 1 aromatic heterocycles. The van der Waals surface area contributed by atoms with Gasteiger partial charge in [-0.1, -0.05) is 31.9 Å². The molecule has 0 unspecified atom stereocenters. The zero-order valence-corrected chi connectivity index (χ0v) is 16.1. The SMILES string of the molecule is CCCCCNc1cc(NCCc2ccc(S(N)(=O)=O)cc2)nc(C)n1. The van der Waals surface area contributed by atoms with Crippen LogP contribution in [0.15, 0.2) is 35.2 Å². The van der Waals surface area contributed by atoms with Crippen LogP contribution in [0, 0.1) is 6.92 Å². The fourth-order valence-electron chi connectivity index (χ4n) is 2.52. The fourth-order valence-corrected chi connectivity index (χ4v) is 3.04. The summed E-state index contributed by atoms with van der Waals surface area (Å²) in [7, 11) is -3.64. The van der Waals surface area contributed by atoms with E-state index in [0.29, 0.717) is 12.4 Å². The zero-order valence-electron chi connectivity index (χ0n) is 15.3. The van der Waals surface area contributed by atoms with Crippen molar-refractivity contribution < 1.29 is 8.42 Å². The molecule has 2 aromatic rings. The van der Waals surface area contributed by atoms with Crippen molar-refractivity contribution in [2.45, 2.75) is 44.4 Å². The molecule has 0 atom stereocenters. The van der Waals surface area contributed by atoms with Crippen LogP contribution in [0.25, 0.3) is 0 Å². The quantitative estimate of drug-likeness (QED) is 0.549. The number of nitrogens with zero attached hydrogens (tertiary/aromatic N) is 2. The number of aromatic nitrogens is 2. The van der Waals surface area contributed by atoms with E-state index in [4.69, 9.17) is 5.14 Å². The van der Waals surface area contributed by atoms with Crippen molar-refractivity contribution in [2.75, 3.05) is 23.7 Å². The van der Waals surface area contributed by atoms with Crippen molar-refractivity contribution in [3.63, 3.8) is 0 Å². The van der Waals surface area contributed by atoms with Crippen molar-refractivity contribution in [3.8, 4) is 0 Å². The summed E-state index contributed by atoms with van der Waals surface area (Å²) in [6.45, 7) is 5.63. The lowest BCUT2D eigenvalue weighted by molar-refractivity contribution is 0.598. The molecule has 0 aliphatic rings. The van der Waals surface area contributed by atoms with Crippen LogP contribution in [0.3, 0.4) is 0 Å². The summed E-state index contributed by atoms with van der Waals surface area (Å²) < 4.78 is 22.5. The molecule has 7 nitrogen and oxygen atoms in total. The molecule has 0 fully saturated rings. The molecule has 0 aliphatic carbocycles. The molecule has 0 saturated carbocycles. The van der Waals surface area contributed by atoms with Gasteiger partial charge in [0.25, 0.3) is 0 Å². The maximum atomic E-state index is 11.3. The second-order valence-electron chi connectivity index (χ2n) is 6.19. The Morgan fingerprint density at radius 1 is 1.00 bits per heavy atom. The Morgan fingerprint density at radius 2 is 1.62 bits per heavy atom. The first kappa shape index (κ1) is 20.1. The van der Waals surface area contributed by atoms with E-state index >= 15 is 0 Å². The second-order valence-corrected chi connectivity index (χ2v) is 7.75. The Labute approximate surface area is 155 Å². The van der Waals surface area contributed by atoms with E-state index in [1.165, 1.54) is 25.0 Å². The van der Waals surface area contributed by atoms with Gasteiger partial charge in [-0.3, -0.25) is 0 Å². The largest absolute Gasteiger partial charge is 0.370 e. The van der Waals surface area contributed by atoms with Gasteiger partial charge in [-0.05, 0) is 37.5 Å². The van der Waals surface area contributed by atoms with Gasteiger partial charge < -0.3 is 10.6 Å². The summed E-state index contributed by atoms with van der Waals surface area (Å²) in [6.07, 6.45) is 4.26. The number of nitrogens with two attached hydrogens (primary N) is 1. The molecule has 0 bridgehead atoms. The van der Waals surface area contributed by atoms with Crippen molar-refractivity contribution >= 4 is 21.7 Å². The number of rotatable bonds is 10. The molecule has 0 aliphatic heterocycles. The molecule has 26 heavy (non-hydrogen) atoms. The predicted octanol–water partition coefficient (Wildman–Crippen LogP) is 2.69. The van der Waals surface area contributed by atoms with E-state index < -0.39 is 10.0 Å². The van der Waals surface area contributed by atoms with Crippen LogP contribution in [0.1, 0.15) is 37.6 Å². The van der Waals surface area contributed by atoms with Crippen LogP contribution in [-0.2, 0) is 16.4 Å². The first-order chi connectivity index (χ1) is 12.4. The first-order valence-electron chi connectivity index (χ1n) is 8.83. The summed E-state index contributed by atoms with van der Waals surface area (Å²) >= 11 is 0. The lowest BCUT2D eigenvalue weighted by atomic mass is 10.1. The van der Waals surface area contributed by atoms with Crippen LogP contribution in [-0.4, -0.2) is 31.5 Å². The van der Waals surface area contributed by atoms with Crippen molar-refractivity contribution in [2.24, 2.45) is 5.14 Å². The molecule has 0 amide bonds. The van der Waals surface area contributed by atoms with Crippen LogP contribution < -0.4 is 15.8 Å². The van der Waals surface area contributed by atoms with Gasteiger partial charge >= 0.3 is 0 Å². The van der Waals surface area contributed by atoms with Crippen molar-refractivity contribution in [3.05, 3.63) is 41.7 Å². The number of unbranched alkanes of at least 4 members (excludes halogenated alkanes) is 2. The summed E-state index contributed by atoms with van der Waals surface area (Å²) in [5.41, 5.74) is 1.02. The Hall–Kier alpha value is -2.19. The van der Waals surface area contributed by atoms with Gasteiger partial charge in [0.1, 0.15) is 17.5 Å². The molecule has 0 saturated heterocycles. The molecular weight excluding hydrogens is 350 g/mol. The minimum Gasteiger partial charge on any atom is -0.370 e. The van der Waals surface area contributed by atoms with Crippen LogP contribution >= 0.6 is 0 Å². The number of sulfonamides is 1. The highest BCUT2D eigenvalue weighted by molar-refractivity contribution is 7.89. The van der Waals surface area contributed by atoms with Gasteiger partial charge in [-0.2, -0.15) is 0 Å². The van der Waals surface area contributed by atoms with Gasteiger partial charge in [0, 0.05) is 19.2 Å². The number of hydrogen-bond donors (Lipinski definition) is 3. The first-order valence-corrected chi connectivity index (χ1v) is 10.4. The number of benzene rings is 1. The molecule has 8 heteroatoms. The fraction of sp³-hybridized carbons (Fsp3) is 0.444. The molecule has 142 valence electrons. The maximum absolute atomic E-state index is 11.3. The number of hydrogen-bond acceptors (Lipinski definition) is 6. The number of anilines is 2. The lowest BCUT2D eigenvalue weighted by Gasteiger charge is -2.10. The Morgan fingerprint density at radius 3 is 2.19 bits per heavy atom. The Kier molecular flexibility index (Phi) is 7.35. The van der Waals surface area contributed by atoms with Crippen molar-refractivity contribution in [1.29, 1.82) is 0 Å². The van der Waals surface area contributed by atoms with Gasteiger partial charge in [-0.15, -0.1) is 0 Å². The van der Waals surface area contributed by atoms with Crippen LogP contribution in [0.2, 0.25) is 0 Å². The van der Waals surface area contributed by atoms with E-state index in [1.54, 1.807) is 12.1 Å². The highest BCUT2D eigenvalue weighted by Crippen LogP contribution is 2.13. The average molecular weight is 378 g/mol. The highest BCUT2D eigenvalue weighted by atomic mass is 32.2. The molecule has 2 rings (SSSR count). The third-order valence-corrected chi connectivity index (χ3v) is 4.83. The van der Waals surface area contributed by atoms with E-state index in [2.05, 4.69) is 27.5 Å². The highest BCUT2D eigenvalue weighted by Gasteiger charge is 2.07. The topological polar surface area (TPSA) is 110 Å². The molecular formula is C18H27N5O2S. The summed E-state index contributed by atoms with van der Waals surface area (Å²) in [5.74, 6) is 2.32. The Balaban J connectivity index is 1.87. The third-order valence-electron chi connectivity index (χ3n) is 3.90. The van der Waals surface area contributed by atoms with Crippen LogP contribution in [0.4, 0.5) is 11.6 Å². The number of primary sulfonamides is 1. The molecule has 1 heterocycles. The average Bonchev–Trinajstić information content (AvgIpc) is 2.58. The monoisotopic (exact) mass is 377 g/mol. The summed E-state index contributed by atoms with van der Waals surface area (Å²) in [4.78, 5) is 8.92. The Bertz CT molecular complexity index is 807. The predicted molar refractivity (Wildman–Crippen MR) is 105 cm³/mol. The molecule has 1 aromatic carbocycles. The maximum Gasteiger partial charge on any atom is 0.238 e. The van der Waals surface area contributed by atoms with Crippen LogP contribution in [0.5, 0.6) is 0 Å². The standard InChI is InChI=1S/C18H27N5O2S/c1-3-4-5-11-20-17-13-18(23-14(2)22-17)21-12-10-15-6-8-16(9-7-15)26(19,24)25/h6-9,13H,3-5,10-12H2,1-2H3,(H2,19,24,25)(H2,20,21,22,23). The van der Waals surface area contributed by atoms with Gasteiger partial charge in [0.2, 0.25) is 10.0 Å². The van der Waals surface area contributed by atoms with E-state index in [9.17, 15) is 8.42 Å². The lowest BCUT2D eigenvalue weighted by Crippen LogP contribution is -2.12. The van der Waals surface area contributed by atoms with Gasteiger partial charge in [-0.25, -0.2) is 23.5 Å². The third kappa shape index (κ3) is 6.61. The normalized spacial score (nSPS) is 11.3. The summed E-state index contributed by atoms with van der Waals surface area (Å²) in [5, 5.41) is 11.7. The molecule has 0 radical (unpaired) electrons. The minimum absolute atomic E-state index is 0.124. The van der Waals surface area contributed by atoms with E-state index in [-0.39, 0.29) is 4.90 Å². The van der Waals surface area contributed by atoms with Gasteiger partial charge in [0.05, 0.1) is 4.90 Å². The van der Waals surface area contributed by atoms with E-state index in [1.807, 2.05) is 13.0 Å². The van der Waals surface area contributed by atoms with Crippen molar-refractivity contribution in [1.82, 2.24) is 9.97 Å². The van der Waals surface area contributed by atoms with Gasteiger partial charge in [0.15, 0.2) is 0 Å². The number of aryl methyl sites for hydroxylation is 1.